The lowest BCUT2D eigenvalue weighted by Crippen LogP contribution is -2.07. The highest BCUT2D eigenvalue weighted by molar-refractivity contribution is 6.02. The van der Waals surface area contributed by atoms with Gasteiger partial charge in [0.1, 0.15) is 17.1 Å². The third kappa shape index (κ3) is 3.98. The average molecular weight is 329 g/mol. The molecule has 0 aliphatic carbocycles. The molecule has 122 valence electrons. The zero-order valence-electron chi connectivity index (χ0n) is 12.4. The zero-order chi connectivity index (χ0) is 16.9. The van der Waals surface area contributed by atoms with Gasteiger partial charge in [-0.15, -0.1) is 0 Å². The maximum Gasteiger partial charge on any atom is 0.387 e. The van der Waals surface area contributed by atoms with E-state index in [1.807, 2.05) is 30.3 Å². The van der Waals surface area contributed by atoms with Crippen LogP contribution in [0.4, 0.5) is 14.5 Å². The molecule has 0 saturated heterocycles. The van der Waals surface area contributed by atoms with E-state index in [4.69, 9.17) is 4.42 Å². The minimum absolute atomic E-state index is 0.0285. The van der Waals surface area contributed by atoms with E-state index in [0.717, 1.165) is 11.0 Å². The number of alkyl halides is 2. The molecular weight excluding hydrogens is 316 g/mol. The number of fused-ring (bicyclic) bond motifs is 1. The van der Waals surface area contributed by atoms with Gasteiger partial charge in [0.25, 0.3) is 0 Å². The number of nitrogens with one attached hydrogen (secondary N) is 1. The van der Waals surface area contributed by atoms with E-state index in [1.165, 1.54) is 30.3 Å². The van der Waals surface area contributed by atoms with Crippen LogP contribution in [0.3, 0.4) is 0 Å². The Balaban J connectivity index is 1.62. The van der Waals surface area contributed by atoms with Crippen molar-refractivity contribution in [3.05, 3.63) is 66.4 Å². The molecule has 3 rings (SSSR count). The van der Waals surface area contributed by atoms with Gasteiger partial charge >= 0.3 is 6.61 Å². The van der Waals surface area contributed by atoms with Crippen LogP contribution < -0.4 is 10.1 Å². The Kier molecular flexibility index (Phi) is 4.56. The molecule has 0 radical (unpaired) electrons. The van der Waals surface area contributed by atoms with Gasteiger partial charge in [-0.25, -0.2) is 0 Å². The molecule has 0 fully saturated rings. The molecular formula is C18H13F2NO3. The number of anilines is 1. The number of para-hydroxylation sites is 1. The number of hydrogen-bond acceptors (Lipinski definition) is 3. The van der Waals surface area contributed by atoms with Crippen molar-refractivity contribution in [3.8, 4) is 5.75 Å². The number of carbonyl (C=O) groups is 1. The molecule has 0 atom stereocenters. The predicted octanol–water partition coefficient (Wildman–Crippen LogP) is 4.69. The van der Waals surface area contributed by atoms with Gasteiger partial charge in [-0.3, -0.25) is 4.79 Å². The van der Waals surface area contributed by atoms with Crippen molar-refractivity contribution >= 4 is 28.6 Å². The molecule has 3 aromatic rings. The maximum atomic E-state index is 12.1. The van der Waals surface area contributed by atoms with Gasteiger partial charge in [0.2, 0.25) is 5.91 Å². The molecule has 6 heteroatoms. The highest BCUT2D eigenvalue weighted by atomic mass is 19.3. The fourth-order valence-corrected chi connectivity index (χ4v) is 2.15. The molecule has 1 amide bonds. The lowest BCUT2D eigenvalue weighted by molar-refractivity contribution is -0.111. The zero-order valence-corrected chi connectivity index (χ0v) is 12.4. The summed E-state index contributed by atoms with van der Waals surface area (Å²) < 4.78 is 33.9. The molecule has 0 spiro atoms. The molecule has 1 aromatic heterocycles. The number of ether oxygens (including phenoxy) is 1. The second kappa shape index (κ2) is 6.95. The second-order valence-electron chi connectivity index (χ2n) is 4.91. The Morgan fingerprint density at radius 2 is 1.88 bits per heavy atom. The number of carbonyl (C=O) groups excluding carboxylic acids is 1. The summed E-state index contributed by atoms with van der Waals surface area (Å²) in [4.78, 5) is 11.9. The average Bonchev–Trinajstić information content (AvgIpc) is 2.97. The number of furan rings is 1. The van der Waals surface area contributed by atoms with Crippen molar-refractivity contribution < 1.29 is 22.7 Å². The lowest BCUT2D eigenvalue weighted by atomic mass is 10.2. The Hall–Kier alpha value is -3.15. The first-order valence-electron chi connectivity index (χ1n) is 7.13. The SMILES string of the molecule is O=C(/C=C/c1cc2ccccc2o1)Nc1ccc(OC(F)F)cc1. The highest BCUT2D eigenvalue weighted by Crippen LogP contribution is 2.20. The Bertz CT molecular complexity index is 836. The second-order valence-corrected chi connectivity index (χ2v) is 4.91. The van der Waals surface area contributed by atoms with Crippen LogP contribution in [0.2, 0.25) is 0 Å². The van der Waals surface area contributed by atoms with Gasteiger partial charge in [0, 0.05) is 17.1 Å². The van der Waals surface area contributed by atoms with Crippen molar-refractivity contribution in [2.45, 2.75) is 6.61 Å². The number of halogens is 2. The summed E-state index contributed by atoms with van der Waals surface area (Å²) in [5, 5.41) is 3.57. The predicted molar refractivity (Wildman–Crippen MR) is 87.0 cm³/mol. The highest BCUT2D eigenvalue weighted by Gasteiger charge is 2.05. The number of rotatable bonds is 5. The van der Waals surface area contributed by atoms with E-state index in [0.29, 0.717) is 11.4 Å². The fourth-order valence-electron chi connectivity index (χ4n) is 2.15. The molecule has 0 bridgehead atoms. The van der Waals surface area contributed by atoms with Crippen LogP contribution in [0.15, 0.2) is 65.1 Å². The summed E-state index contributed by atoms with van der Waals surface area (Å²) in [7, 11) is 0. The standard InChI is InChI=1S/C18H13F2NO3/c19-18(20)24-14-7-5-13(6-8-14)21-17(22)10-9-15-11-12-3-1-2-4-16(12)23-15/h1-11,18H,(H,21,22)/b10-9+. The molecule has 1 N–H and O–H groups in total. The van der Waals surface area contributed by atoms with E-state index in [9.17, 15) is 13.6 Å². The topological polar surface area (TPSA) is 51.5 Å². The van der Waals surface area contributed by atoms with Crippen LogP contribution >= 0.6 is 0 Å². The van der Waals surface area contributed by atoms with Crippen molar-refractivity contribution in [1.29, 1.82) is 0 Å². The lowest BCUT2D eigenvalue weighted by Gasteiger charge is -2.06. The minimum atomic E-state index is -2.88. The molecule has 0 aliphatic heterocycles. The van der Waals surface area contributed by atoms with Crippen molar-refractivity contribution in [2.24, 2.45) is 0 Å². The molecule has 0 unspecified atom stereocenters. The third-order valence-electron chi connectivity index (χ3n) is 3.19. The van der Waals surface area contributed by atoms with Crippen LogP contribution in [0, 0.1) is 0 Å². The van der Waals surface area contributed by atoms with E-state index in [-0.39, 0.29) is 11.7 Å². The maximum absolute atomic E-state index is 12.1. The van der Waals surface area contributed by atoms with E-state index in [2.05, 4.69) is 10.1 Å². The quantitative estimate of drug-likeness (QED) is 0.691. The van der Waals surface area contributed by atoms with Crippen molar-refractivity contribution in [1.82, 2.24) is 0 Å². The number of benzene rings is 2. The summed E-state index contributed by atoms with van der Waals surface area (Å²) in [5.74, 6) is 0.228. The van der Waals surface area contributed by atoms with Crippen LogP contribution in [-0.2, 0) is 4.79 Å². The van der Waals surface area contributed by atoms with Crippen molar-refractivity contribution in [3.63, 3.8) is 0 Å². The van der Waals surface area contributed by atoms with E-state index < -0.39 is 6.61 Å². The van der Waals surface area contributed by atoms with Gasteiger partial charge in [-0.1, -0.05) is 18.2 Å². The fraction of sp³-hybridized carbons (Fsp3) is 0.0556. The number of amides is 1. The Labute approximate surface area is 136 Å². The molecule has 0 saturated carbocycles. The molecule has 0 aliphatic rings. The first-order valence-corrected chi connectivity index (χ1v) is 7.13. The van der Waals surface area contributed by atoms with Gasteiger partial charge < -0.3 is 14.5 Å². The normalized spacial score (nSPS) is 11.3. The molecule has 2 aromatic carbocycles. The van der Waals surface area contributed by atoms with Crippen molar-refractivity contribution in [2.75, 3.05) is 5.32 Å². The summed E-state index contributed by atoms with van der Waals surface area (Å²) in [6, 6.07) is 15.0. The summed E-state index contributed by atoms with van der Waals surface area (Å²) in [6.07, 6.45) is 2.89. The number of hydrogen-bond donors (Lipinski definition) is 1. The van der Waals surface area contributed by atoms with Crippen LogP contribution in [0.1, 0.15) is 5.76 Å². The van der Waals surface area contributed by atoms with Gasteiger partial charge in [0.05, 0.1) is 0 Å². The van der Waals surface area contributed by atoms with Gasteiger partial charge in [-0.2, -0.15) is 8.78 Å². The first kappa shape index (κ1) is 15.7. The Morgan fingerprint density at radius 1 is 1.12 bits per heavy atom. The van der Waals surface area contributed by atoms with E-state index in [1.54, 1.807) is 6.08 Å². The minimum Gasteiger partial charge on any atom is -0.457 e. The third-order valence-corrected chi connectivity index (χ3v) is 3.19. The Morgan fingerprint density at radius 3 is 2.58 bits per heavy atom. The van der Waals surface area contributed by atoms with Gasteiger partial charge in [-0.05, 0) is 42.5 Å². The largest absolute Gasteiger partial charge is 0.457 e. The monoisotopic (exact) mass is 329 g/mol. The van der Waals surface area contributed by atoms with Gasteiger partial charge in [0.15, 0.2) is 0 Å². The first-order chi connectivity index (χ1) is 11.6. The van der Waals surface area contributed by atoms with E-state index >= 15 is 0 Å². The van der Waals surface area contributed by atoms with Crippen LogP contribution in [-0.4, -0.2) is 12.5 Å². The summed E-state index contributed by atoms with van der Waals surface area (Å²) in [6.45, 7) is -2.88. The summed E-state index contributed by atoms with van der Waals surface area (Å²) >= 11 is 0. The van der Waals surface area contributed by atoms with Crippen LogP contribution in [0.25, 0.3) is 17.0 Å². The molecule has 24 heavy (non-hydrogen) atoms. The summed E-state index contributed by atoms with van der Waals surface area (Å²) in [5.41, 5.74) is 1.21. The smallest absolute Gasteiger partial charge is 0.387 e. The molecule has 1 heterocycles. The van der Waals surface area contributed by atoms with Crippen LogP contribution in [0.5, 0.6) is 5.75 Å². The molecule has 4 nitrogen and oxygen atoms in total.